The summed E-state index contributed by atoms with van der Waals surface area (Å²) in [6, 6.07) is 0. The maximum atomic E-state index is 12.3. The summed E-state index contributed by atoms with van der Waals surface area (Å²) < 4.78 is 28.7. The third-order valence-electron chi connectivity index (χ3n) is 6.11. The highest BCUT2D eigenvalue weighted by atomic mass is 32.2. The van der Waals surface area contributed by atoms with Crippen molar-refractivity contribution in [2.24, 2.45) is 23.7 Å². The Morgan fingerprint density at radius 3 is 2.61 bits per heavy atom. The number of ether oxygens (including phenoxy) is 1. The lowest BCUT2D eigenvalue weighted by atomic mass is 9.81. The first-order valence-corrected chi connectivity index (χ1v) is 10.7. The lowest BCUT2D eigenvalue weighted by molar-refractivity contribution is -0.156. The van der Waals surface area contributed by atoms with Gasteiger partial charge in [-0.15, -0.1) is 0 Å². The van der Waals surface area contributed by atoms with Gasteiger partial charge in [-0.3, -0.25) is 4.79 Å². The number of sulfone groups is 1. The van der Waals surface area contributed by atoms with Gasteiger partial charge in [0.2, 0.25) is 0 Å². The number of carbonyl (C=O) groups is 1. The molecule has 3 fully saturated rings. The fourth-order valence-corrected chi connectivity index (χ4v) is 6.75. The van der Waals surface area contributed by atoms with Crippen molar-refractivity contribution < 1.29 is 17.9 Å². The quantitative estimate of drug-likeness (QED) is 0.550. The predicted molar refractivity (Wildman–Crippen MR) is 89.6 cm³/mol. The van der Waals surface area contributed by atoms with Crippen molar-refractivity contribution in [1.82, 2.24) is 0 Å². The second-order valence-corrected chi connectivity index (χ2v) is 10.3. The summed E-state index contributed by atoms with van der Waals surface area (Å²) in [5, 5.41) is 0. The molecule has 130 valence electrons. The van der Waals surface area contributed by atoms with E-state index in [9.17, 15) is 13.2 Å². The smallest absolute Gasteiger partial charge is 0.306 e. The maximum Gasteiger partial charge on any atom is 0.306 e. The standard InChI is InChI=1S/C18H28O4S/c1-3-18(2,11-16-9-13-4-5-15(16)8-13)22-17(19)10-14-6-7-23(20,21)12-14/h3,13-16H,1,4-12H2,2H3/t13-,14-,15-,16-,18+/m0/s1. The minimum Gasteiger partial charge on any atom is -0.455 e. The zero-order valence-electron chi connectivity index (χ0n) is 14.0. The summed E-state index contributed by atoms with van der Waals surface area (Å²) in [5.74, 6) is 2.27. The molecule has 0 spiro atoms. The molecule has 0 N–H and O–H groups in total. The summed E-state index contributed by atoms with van der Waals surface area (Å²) in [6.07, 6.45) is 8.67. The fraction of sp³-hybridized carbons (Fsp3) is 0.833. The van der Waals surface area contributed by atoms with Crippen molar-refractivity contribution in [3.8, 4) is 0 Å². The van der Waals surface area contributed by atoms with Crippen LogP contribution in [0.1, 0.15) is 51.9 Å². The maximum absolute atomic E-state index is 12.3. The van der Waals surface area contributed by atoms with E-state index < -0.39 is 15.4 Å². The molecule has 23 heavy (non-hydrogen) atoms. The van der Waals surface area contributed by atoms with Gasteiger partial charge in [0.15, 0.2) is 9.84 Å². The second-order valence-electron chi connectivity index (χ2n) is 8.10. The Morgan fingerprint density at radius 2 is 2.09 bits per heavy atom. The number of hydrogen-bond acceptors (Lipinski definition) is 4. The summed E-state index contributed by atoms with van der Waals surface area (Å²) in [7, 11) is -2.94. The van der Waals surface area contributed by atoms with Crippen molar-refractivity contribution in [3.05, 3.63) is 12.7 Å². The van der Waals surface area contributed by atoms with E-state index >= 15 is 0 Å². The van der Waals surface area contributed by atoms with E-state index in [-0.39, 0.29) is 29.8 Å². The summed E-state index contributed by atoms with van der Waals surface area (Å²) in [6.45, 7) is 5.81. The Bertz CT molecular complexity index is 582. The van der Waals surface area contributed by atoms with E-state index in [4.69, 9.17) is 4.74 Å². The van der Waals surface area contributed by atoms with Crippen LogP contribution < -0.4 is 0 Å². The molecule has 0 aromatic carbocycles. The first kappa shape index (κ1) is 17.0. The molecule has 3 aliphatic rings. The van der Waals surface area contributed by atoms with Crippen LogP contribution in [0.5, 0.6) is 0 Å². The normalized spacial score (nSPS) is 37.4. The highest BCUT2D eigenvalue weighted by molar-refractivity contribution is 7.91. The van der Waals surface area contributed by atoms with Crippen LogP contribution in [0.25, 0.3) is 0 Å². The van der Waals surface area contributed by atoms with E-state index in [0.29, 0.717) is 12.3 Å². The Morgan fingerprint density at radius 1 is 1.30 bits per heavy atom. The van der Waals surface area contributed by atoms with Gasteiger partial charge in [0.25, 0.3) is 0 Å². The molecule has 2 aliphatic carbocycles. The predicted octanol–water partition coefficient (Wildman–Crippen LogP) is 3.13. The van der Waals surface area contributed by atoms with Crippen LogP contribution in [0.4, 0.5) is 0 Å². The topological polar surface area (TPSA) is 60.4 Å². The molecule has 0 unspecified atom stereocenters. The lowest BCUT2D eigenvalue weighted by Crippen LogP contribution is -2.34. The number of esters is 1. The van der Waals surface area contributed by atoms with E-state index in [1.807, 2.05) is 6.92 Å². The number of hydrogen-bond donors (Lipinski definition) is 0. The van der Waals surface area contributed by atoms with Crippen LogP contribution in [0.2, 0.25) is 0 Å². The van der Waals surface area contributed by atoms with Gasteiger partial charge in [0.1, 0.15) is 5.60 Å². The van der Waals surface area contributed by atoms with Gasteiger partial charge in [-0.1, -0.05) is 13.0 Å². The third-order valence-corrected chi connectivity index (χ3v) is 7.95. The van der Waals surface area contributed by atoms with Crippen LogP contribution in [0.15, 0.2) is 12.7 Å². The van der Waals surface area contributed by atoms with Crippen molar-refractivity contribution >= 4 is 15.8 Å². The number of rotatable bonds is 6. The Balaban J connectivity index is 1.53. The van der Waals surface area contributed by atoms with Crippen molar-refractivity contribution in [3.63, 3.8) is 0 Å². The summed E-state index contributed by atoms with van der Waals surface area (Å²) >= 11 is 0. The summed E-state index contributed by atoms with van der Waals surface area (Å²) in [4.78, 5) is 12.3. The van der Waals surface area contributed by atoms with Gasteiger partial charge in [-0.2, -0.15) is 0 Å². The SMILES string of the molecule is C=C[C@](C)(C[C@@H]1C[C@H]2CC[C@H]1C2)OC(=O)C[C@@H]1CCS(=O)(=O)C1. The molecule has 0 aromatic heterocycles. The molecule has 1 heterocycles. The average Bonchev–Trinajstić information content (AvgIpc) is 3.14. The monoisotopic (exact) mass is 340 g/mol. The molecular formula is C18H28O4S. The minimum atomic E-state index is -2.94. The first-order chi connectivity index (χ1) is 10.8. The van der Waals surface area contributed by atoms with Gasteiger partial charge in [-0.05, 0) is 68.8 Å². The van der Waals surface area contributed by atoms with Crippen LogP contribution >= 0.6 is 0 Å². The zero-order valence-corrected chi connectivity index (χ0v) is 14.8. The molecule has 1 aliphatic heterocycles. The summed E-state index contributed by atoms with van der Waals surface area (Å²) in [5.41, 5.74) is -0.621. The molecule has 0 radical (unpaired) electrons. The Labute approximate surface area is 139 Å². The largest absolute Gasteiger partial charge is 0.455 e. The van der Waals surface area contributed by atoms with Gasteiger partial charge >= 0.3 is 5.97 Å². The number of fused-ring (bicyclic) bond motifs is 2. The highest BCUT2D eigenvalue weighted by Gasteiger charge is 2.43. The van der Waals surface area contributed by atoms with E-state index in [2.05, 4.69) is 6.58 Å². The molecule has 3 rings (SSSR count). The van der Waals surface area contributed by atoms with Crippen molar-refractivity contribution in [2.75, 3.05) is 11.5 Å². The van der Waals surface area contributed by atoms with Crippen molar-refractivity contribution in [1.29, 1.82) is 0 Å². The molecule has 2 saturated carbocycles. The molecule has 5 atom stereocenters. The molecule has 5 heteroatoms. The van der Waals surface area contributed by atoms with Crippen LogP contribution in [0.3, 0.4) is 0 Å². The van der Waals surface area contributed by atoms with Crippen molar-refractivity contribution in [2.45, 2.75) is 57.5 Å². The first-order valence-electron chi connectivity index (χ1n) is 8.84. The van der Waals surface area contributed by atoms with Gasteiger partial charge in [0, 0.05) is 6.42 Å². The van der Waals surface area contributed by atoms with Gasteiger partial charge < -0.3 is 4.74 Å². The molecule has 0 amide bonds. The molecular weight excluding hydrogens is 312 g/mol. The van der Waals surface area contributed by atoms with Crippen LogP contribution in [0, 0.1) is 23.7 Å². The molecule has 4 nitrogen and oxygen atoms in total. The Hall–Kier alpha value is -0.840. The number of carbonyl (C=O) groups excluding carboxylic acids is 1. The zero-order chi connectivity index (χ0) is 16.7. The molecule has 1 saturated heterocycles. The average molecular weight is 340 g/mol. The van der Waals surface area contributed by atoms with Crippen LogP contribution in [-0.2, 0) is 19.4 Å². The lowest BCUT2D eigenvalue weighted by Gasteiger charge is -2.32. The van der Waals surface area contributed by atoms with Crippen LogP contribution in [-0.4, -0.2) is 31.5 Å². The van der Waals surface area contributed by atoms with E-state index in [1.165, 1.54) is 25.7 Å². The molecule has 0 aromatic rings. The molecule has 2 bridgehead atoms. The highest BCUT2D eigenvalue weighted by Crippen LogP contribution is 2.51. The van der Waals surface area contributed by atoms with E-state index in [1.54, 1.807) is 6.08 Å². The van der Waals surface area contributed by atoms with E-state index in [0.717, 1.165) is 18.3 Å². The van der Waals surface area contributed by atoms with Gasteiger partial charge in [0.05, 0.1) is 11.5 Å². The second kappa shape index (κ2) is 6.23. The third kappa shape index (κ3) is 3.98. The minimum absolute atomic E-state index is 0.0796. The fourth-order valence-electron chi connectivity index (χ4n) is 4.88. The Kier molecular flexibility index (Phi) is 4.60. The van der Waals surface area contributed by atoms with Gasteiger partial charge in [-0.25, -0.2) is 8.42 Å².